The molecule has 3 heteroatoms. The van der Waals surface area contributed by atoms with Gasteiger partial charge in [0.05, 0.1) is 23.0 Å². The molecule has 0 spiro atoms. The summed E-state index contributed by atoms with van der Waals surface area (Å²) in [6, 6.07) is 0. The van der Waals surface area contributed by atoms with Gasteiger partial charge in [-0.3, -0.25) is 0 Å². The van der Waals surface area contributed by atoms with Gasteiger partial charge < -0.3 is 2.98 Å². The van der Waals surface area contributed by atoms with E-state index in [4.69, 9.17) is 2.98 Å². The summed E-state index contributed by atoms with van der Waals surface area (Å²) < 4.78 is 4.87. The molecule has 0 aliphatic carbocycles. The predicted molar refractivity (Wildman–Crippen MR) is 37.2 cm³/mol. The Morgan fingerprint density at radius 2 is 2.33 bits per heavy atom. The maximum absolute atomic E-state index is 4.87. The summed E-state index contributed by atoms with van der Waals surface area (Å²) in [5.74, 6) is 0. The molecule has 36 valence electrons. The van der Waals surface area contributed by atoms with E-state index in [-0.39, 0.29) is 0 Å². The molecule has 0 radical (unpaired) electrons. The Balaban J connectivity index is 2.75. The quantitative estimate of drug-likeness (QED) is 0.486. The molecule has 0 fully saturated rings. The summed E-state index contributed by atoms with van der Waals surface area (Å²) in [5.41, 5.74) is 0. The van der Waals surface area contributed by atoms with Crippen molar-refractivity contribution in [2.45, 2.75) is 20.1 Å². The first kappa shape index (κ1) is 6.75. The zero-order valence-electron chi connectivity index (χ0n) is 4.07. The van der Waals surface area contributed by atoms with Crippen LogP contribution in [0.4, 0.5) is 0 Å². The van der Waals surface area contributed by atoms with Crippen molar-refractivity contribution in [3.63, 3.8) is 0 Å². The lowest BCUT2D eigenvalue weighted by Gasteiger charge is -1.93. The molecule has 0 saturated carbocycles. The van der Waals surface area contributed by atoms with Crippen LogP contribution in [-0.2, 0) is 2.98 Å². The van der Waals surface area contributed by atoms with Crippen LogP contribution in [0.1, 0.15) is 6.92 Å². The van der Waals surface area contributed by atoms with Crippen LogP contribution in [0.15, 0.2) is 0 Å². The molecule has 0 saturated heterocycles. The summed E-state index contributed by atoms with van der Waals surface area (Å²) in [6.07, 6.45) is 1.10. The Hall–Kier alpha value is 0.755. The maximum Gasteiger partial charge on any atom is 0.304 e. The van der Waals surface area contributed by atoms with Crippen LogP contribution in [0.5, 0.6) is 0 Å². The highest BCUT2D eigenvalue weighted by atomic mass is 127. The van der Waals surface area contributed by atoms with Crippen molar-refractivity contribution in [1.29, 1.82) is 0 Å². The van der Waals surface area contributed by atoms with Gasteiger partial charge in [0.1, 0.15) is 0 Å². The molecule has 0 N–H and O–H groups in total. The van der Waals surface area contributed by atoms with Gasteiger partial charge in [-0.2, -0.15) is 0 Å². The normalized spacial score (nSPS) is 8.50. The van der Waals surface area contributed by atoms with E-state index in [1.54, 1.807) is 0 Å². The van der Waals surface area contributed by atoms with Crippen LogP contribution in [0.2, 0.25) is 13.1 Å². The zero-order valence-corrected chi connectivity index (χ0v) is 6.23. The van der Waals surface area contributed by atoms with Crippen LogP contribution in [-0.4, -0.2) is 6.92 Å². The average Bonchev–Trinajstić information content (AvgIpc) is 1.65. The smallest absolute Gasteiger partial charge is 0.304 e. The molecule has 0 heterocycles. The van der Waals surface area contributed by atoms with Crippen molar-refractivity contribution < 1.29 is 2.98 Å². The molecule has 0 amide bonds. The van der Waals surface area contributed by atoms with Crippen molar-refractivity contribution in [3.05, 3.63) is 0 Å². The van der Waals surface area contributed by atoms with Crippen LogP contribution in [0.25, 0.3) is 0 Å². The second-order valence-electron chi connectivity index (χ2n) is 1.31. The van der Waals surface area contributed by atoms with Gasteiger partial charge in [-0.15, -0.1) is 0 Å². The largest absolute Gasteiger partial charge is 0.378 e. The summed E-state index contributed by atoms with van der Waals surface area (Å²) in [4.78, 5) is 0. The van der Waals surface area contributed by atoms with Crippen LogP contribution >= 0.6 is 23.0 Å². The Kier molecular flexibility index (Phi) is 4.42. The van der Waals surface area contributed by atoms with Crippen LogP contribution in [0.3, 0.4) is 0 Å². The van der Waals surface area contributed by atoms with Gasteiger partial charge in [0.2, 0.25) is 0 Å². The molecule has 1 nitrogen and oxygen atoms in total. The first-order valence-electron chi connectivity index (χ1n) is 2.08. The molecule has 0 aromatic heterocycles. The topological polar surface area (TPSA) is 9.23 Å². The van der Waals surface area contributed by atoms with Crippen molar-refractivity contribution in [2.75, 3.05) is 0 Å². The van der Waals surface area contributed by atoms with E-state index >= 15 is 0 Å². The fourth-order valence-corrected chi connectivity index (χ4v) is 0.423. The minimum absolute atomic E-state index is 0.422. The molecule has 0 rings (SSSR count). The number of rotatable bonds is 2. The summed E-state index contributed by atoms with van der Waals surface area (Å²) in [6.45, 7) is 4.57. The summed E-state index contributed by atoms with van der Waals surface area (Å²) >= 11 is 1.91. The second kappa shape index (κ2) is 3.93. The Labute approximate surface area is 53.3 Å². The van der Waals surface area contributed by atoms with Crippen molar-refractivity contribution >= 4 is 29.9 Å². The van der Waals surface area contributed by atoms with Crippen LogP contribution < -0.4 is 0 Å². The minimum atomic E-state index is 0.422. The van der Waals surface area contributed by atoms with E-state index in [1.807, 2.05) is 29.8 Å². The molecule has 0 aromatic rings. The fourth-order valence-electron chi connectivity index (χ4n) is 0.0630. The summed E-state index contributed by atoms with van der Waals surface area (Å²) in [5, 5.41) is 0. The molecule has 0 atom stereocenters. The maximum atomic E-state index is 4.87. The highest BCUT2D eigenvalue weighted by molar-refractivity contribution is 14.1. The number of halogens is 1. The Bertz CT molecular complexity index is 30.0. The molecular formula is C3H8BIO. The molecule has 0 bridgehead atoms. The highest BCUT2D eigenvalue weighted by Crippen LogP contribution is 1.96. The summed E-state index contributed by atoms with van der Waals surface area (Å²) in [7, 11) is 0. The third-order valence-electron chi connectivity index (χ3n) is 0.727. The lowest BCUT2D eigenvalue weighted by molar-refractivity contribution is 0.745. The first-order valence-corrected chi connectivity index (χ1v) is 2.96. The monoisotopic (exact) mass is 198 g/mol. The molecule has 6 heavy (non-hydrogen) atoms. The van der Waals surface area contributed by atoms with Gasteiger partial charge in [0, 0.05) is 0 Å². The molecule has 0 aromatic carbocycles. The van der Waals surface area contributed by atoms with Crippen LogP contribution in [0, 0.1) is 0 Å². The third-order valence-corrected chi connectivity index (χ3v) is 1.60. The standard InChI is InChI=1S/C3H8BIO/c1-3-4(2)6-5/h3H2,1-2H3. The van der Waals surface area contributed by atoms with E-state index in [9.17, 15) is 0 Å². The third kappa shape index (κ3) is 2.97. The van der Waals surface area contributed by atoms with Gasteiger partial charge in [0.15, 0.2) is 0 Å². The van der Waals surface area contributed by atoms with Crippen molar-refractivity contribution in [1.82, 2.24) is 0 Å². The zero-order chi connectivity index (χ0) is 4.99. The Morgan fingerprint density at radius 3 is 2.33 bits per heavy atom. The van der Waals surface area contributed by atoms with Gasteiger partial charge in [-0.25, -0.2) is 0 Å². The lowest BCUT2D eigenvalue weighted by atomic mass is 9.69. The van der Waals surface area contributed by atoms with E-state index < -0.39 is 0 Å². The second-order valence-corrected chi connectivity index (χ2v) is 1.82. The van der Waals surface area contributed by atoms with E-state index in [0.717, 1.165) is 6.32 Å². The molecule has 0 aliphatic heterocycles. The van der Waals surface area contributed by atoms with E-state index in [0.29, 0.717) is 6.92 Å². The van der Waals surface area contributed by atoms with Gasteiger partial charge in [-0.05, 0) is 6.32 Å². The van der Waals surface area contributed by atoms with Gasteiger partial charge in [-0.1, -0.05) is 13.7 Å². The first-order chi connectivity index (χ1) is 2.81. The van der Waals surface area contributed by atoms with Crippen molar-refractivity contribution in [3.8, 4) is 0 Å². The van der Waals surface area contributed by atoms with Gasteiger partial charge >= 0.3 is 6.92 Å². The lowest BCUT2D eigenvalue weighted by Crippen LogP contribution is -2.02. The average molecular weight is 198 g/mol. The SMILES string of the molecule is CCB(C)OI. The van der Waals surface area contributed by atoms with Crippen molar-refractivity contribution in [2.24, 2.45) is 0 Å². The predicted octanol–water partition coefficient (Wildman–Crippen LogP) is 1.99. The van der Waals surface area contributed by atoms with E-state index in [1.165, 1.54) is 0 Å². The highest BCUT2D eigenvalue weighted by Gasteiger charge is 1.99. The van der Waals surface area contributed by atoms with Gasteiger partial charge in [0.25, 0.3) is 0 Å². The Morgan fingerprint density at radius 1 is 1.83 bits per heavy atom. The fraction of sp³-hybridized carbons (Fsp3) is 1.00. The number of hydrogen-bond acceptors (Lipinski definition) is 1. The number of hydrogen-bond donors (Lipinski definition) is 0. The molecule has 0 unspecified atom stereocenters. The molecule has 0 aliphatic rings. The molecular weight excluding hydrogens is 190 g/mol. The minimum Gasteiger partial charge on any atom is -0.378 e. The van der Waals surface area contributed by atoms with E-state index in [2.05, 4.69) is 6.92 Å².